The lowest BCUT2D eigenvalue weighted by Gasteiger charge is -2.54. The van der Waals surface area contributed by atoms with Gasteiger partial charge in [0.2, 0.25) is 0 Å². The summed E-state index contributed by atoms with van der Waals surface area (Å²) in [5, 5.41) is 3.79. The third-order valence-electron chi connectivity index (χ3n) is 4.68. The monoisotopic (exact) mass is 270 g/mol. The Balaban J connectivity index is 2.46. The maximum atomic E-state index is 5.86. The van der Waals surface area contributed by atoms with Gasteiger partial charge in [-0.2, -0.15) is 0 Å². The van der Waals surface area contributed by atoms with Gasteiger partial charge in [0.25, 0.3) is 0 Å². The largest absolute Gasteiger partial charge is 0.378 e. The topological polar surface area (TPSA) is 24.5 Å². The third-order valence-corrected chi connectivity index (χ3v) is 4.68. The first-order valence-corrected chi connectivity index (χ1v) is 7.75. The van der Waals surface area contributed by atoms with E-state index in [1.165, 1.54) is 6.42 Å². The molecule has 1 saturated carbocycles. The highest BCUT2D eigenvalue weighted by Crippen LogP contribution is 2.46. The van der Waals surface area contributed by atoms with Crippen LogP contribution >= 0.6 is 0 Å². The molecule has 0 aromatic carbocycles. The molecule has 114 valence electrons. The fourth-order valence-corrected chi connectivity index (χ4v) is 3.38. The quantitative estimate of drug-likeness (QED) is 0.734. The zero-order chi connectivity index (χ0) is 14.7. The van der Waals surface area contributed by atoms with Gasteiger partial charge in [-0.25, -0.2) is 0 Å². The number of hydrogen-bond acceptors (Lipinski definition) is 3. The van der Waals surface area contributed by atoms with Gasteiger partial charge >= 0.3 is 0 Å². The summed E-state index contributed by atoms with van der Waals surface area (Å²) in [6.45, 7) is 14.4. The van der Waals surface area contributed by atoms with E-state index < -0.39 is 0 Å². The van der Waals surface area contributed by atoms with Gasteiger partial charge in [0.05, 0.1) is 6.10 Å². The minimum absolute atomic E-state index is 0.310. The van der Waals surface area contributed by atoms with Crippen LogP contribution in [0.2, 0.25) is 0 Å². The molecular formula is C16H34N2O. The molecule has 3 unspecified atom stereocenters. The van der Waals surface area contributed by atoms with Gasteiger partial charge in [-0.15, -0.1) is 0 Å². The fraction of sp³-hybridized carbons (Fsp3) is 1.00. The number of rotatable bonds is 8. The van der Waals surface area contributed by atoms with Gasteiger partial charge < -0.3 is 15.0 Å². The molecule has 0 saturated heterocycles. The molecule has 0 aromatic heterocycles. The molecule has 1 fully saturated rings. The van der Waals surface area contributed by atoms with Crippen molar-refractivity contribution in [2.75, 3.05) is 33.8 Å². The number of hydrogen-bond donors (Lipinski definition) is 1. The molecule has 0 heterocycles. The highest BCUT2D eigenvalue weighted by molar-refractivity contribution is 5.05. The van der Waals surface area contributed by atoms with Crippen molar-refractivity contribution in [3.8, 4) is 0 Å². The summed E-state index contributed by atoms with van der Waals surface area (Å²) in [4.78, 5) is 2.27. The first-order valence-electron chi connectivity index (χ1n) is 7.75. The summed E-state index contributed by atoms with van der Waals surface area (Å²) in [6, 6.07) is 0.607. The molecule has 1 N–H and O–H groups in total. The van der Waals surface area contributed by atoms with Gasteiger partial charge in [-0.3, -0.25) is 0 Å². The van der Waals surface area contributed by atoms with Gasteiger partial charge in [0, 0.05) is 31.2 Å². The van der Waals surface area contributed by atoms with Crippen LogP contribution in [0.5, 0.6) is 0 Å². The second kappa shape index (κ2) is 6.55. The third kappa shape index (κ3) is 4.17. The molecule has 0 bridgehead atoms. The zero-order valence-corrected chi connectivity index (χ0v) is 14.0. The van der Waals surface area contributed by atoms with E-state index in [4.69, 9.17) is 4.74 Å². The summed E-state index contributed by atoms with van der Waals surface area (Å²) in [6.07, 6.45) is 2.79. The van der Waals surface area contributed by atoms with Crippen LogP contribution in [-0.4, -0.2) is 50.8 Å². The molecule has 0 radical (unpaired) electrons. The van der Waals surface area contributed by atoms with Gasteiger partial charge in [0.15, 0.2) is 0 Å². The minimum Gasteiger partial charge on any atom is -0.378 e. The van der Waals surface area contributed by atoms with Crippen molar-refractivity contribution in [3.05, 3.63) is 0 Å². The second-order valence-electron chi connectivity index (χ2n) is 7.37. The van der Waals surface area contributed by atoms with E-state index in [9.17, 15) is 0 Å². The number of nitrogens with one attached hydrogen (secondary N) is 1. The second-order valence-corrected chi connectivity index (χ2v) is 7.37. The van der Waals surface area contributed by atoms with E-state index >= 15 is 0 Å². The van der Waals surface area contributed by atoms with Crippen molar-refractivity contribution in [2.24, 2.45) is 10.8 Å². The molecule has 19 heavy (non-hydrogen) atoms. The SMILES string of the molecule is CCOC1CC(NCC(C)(C)CN(C)C)C1(C)CC. The van der Waals surface area contributed by atoms with E-state index in [0.29, 0.717) is 23.0 Å². The smallest absolute Gasteiger partial charge is 0.0658 e. The van der Waals surface area contributed by atoms with Gasteiger partial charge in [0.1, 0.15) is 0 Å². The Kier molecular flexibility index (Phi) is 5.84. The highest BCUT2D eigenvalue weighted by atomic mass is 16.5. The minimum atomic E-state index is 0.310. The normalized spacial score (nSPS) is 31.6. The summed E-state index contributed by atoms with van der Waals surface area (Å²) in [5.41, 5.74) is 0.624. The fourth-order valence-electron chi connectivity index (χ4n) is 3.38. The van der Waals surface area contributed by atoms with Crippen molar-refractivity contribution < 1.29 is 4.74 Å². The Morgan fingerprint density at radius 2 is 1.95 bits per heavy atom. The Morgan fingerprint density at radius 1 is 1.32 bits per heavy atom. The average molecular weight is 270 g/mol. The molecule has 3 heteroatoms. The standard InChI is InChI=1S/C16H34N2O/c1-8-16(5)13(10-14(16)19-9-2)17-11-15(3,4)12-18(6)7/h13-14,17H,8-12H2,1-7H3. The van der Waals surface area contributed by atoms with Gasteiger partial charge in [-0.1, -0.05) is 27.7 Å². The maximum absolute atomic E-state index is 5.86. The molecule has 1 aliphatic rings. The zero-order valence-electron chi connectivity index (χ0n) is 14.0. The lowest BCUT2D eigenvalue weighted by Crippen LogP contribution is -2.63. The van der Waals surface area contributed by atoms with E-state index in [-0.39, 0.29) is 0 Å². The number of nitrogens with zero attached hydrogens (tertiary/aromatic N) is 1. The van der Waals surface area contributed by atoms with E-state index in [2.05, 4.69) is 58.9 Å². The van der Waals surface area contributed by atoms with Crippen LogP contribution in [0.15, 0.2) is 0 Å². The van der Waals surface area contributed by atoms with Crippen LogP contribution in [0, 0.1) is 10.8 Å². The van der Waals surface area contributed by atoms with E-state index in [1.807, 2.05) is 0 Å². The molecule has 1 aliphatic carbocycles. The Bertz CT molecular complexity index is 278. The average Bonchev–Trinajstić information content (AvgIpc) is 2.29. The van der Waals surface area contributed by atoms with Crippen LogP contribution in [0.3, 0.4) is 0 Å². The lowest BCUT2D eigenvalue weighted by atomic mass is 9.61. The summed E-state index contributed by atoms with van der Waals surface area (Å²) in [5.74, 6) is 0. The number of ether oxygens (including phenoxy) is 1. The molecule has 0 amide bonds. The van der Waals surface area contributed by atoms with Crippen molar-refractivity contribution in [1.82, 2.24) is 10.2 Å². The Labute approximate surface area is 120 Å². The first kappa shape index (κ1) is 16.9. The summed E-state index contributed by atoms with van der Waals surface area (Å²) >= 11 is 0. The van der Waals surface area contributed by atoms with Gasteiger partial charge in [-0.05, 0) is 39.3 Å². The van der Waals surface area contributed by atoms with Crippen LogP contribution in [0.4, 0.5) is 0 Å². The van der Waals surface area contributed by atoms with Crippen molar-refractivity contribution in [3.63, 3.8) is 0 Å². The van der Waals surface area contributed by atoms with Crippen LogP contribution in [0.25, 0.3) is 0 Å². The maximum Gasteiger partial charge on any atom is 0.0658 e. The molecule has 0 spiro atoms. The molecule has 1 rings (SSSR count). The predicted molar refractivity (Wildman–Crippen MR) is 82.6 cm³/mol. The predicted octanol–water partition coefficient (Wildman–Crippen LogP) is 2.76. The van der Waals surface area contributed by atoms with Crippen molar-refractivity contribution >= 4 is 0 Å². The van der Waals surface area contributed by atoms with E-state index in [1.54, 1.807) is 0 Å². The van der Waals surface area contributed by atoms with Crippen LogP contribution < -0.4 is 5.32 Å². The first-order chi connectivity index (χ1) is 8.75. The lowest BCUT2D eigenvalue weighted by molar-refractivity contribution is -0.127. The van der Waals surface area contributed by atoms with Crippen molar-refractivity contribution in [2.45, 2.75) is 59.6 Å². The summed E-state index contributed by atoms with van der Waals surface area (Å²) < 4.78 is 5.86. The van der Waals surface area contributed by atoms with E-state index in [0.717, 1.165) is 26.1 Å². The van der Waals surface area contributed by atoms with Crippen LogP contribution in [-0.2, 0) is 4.74 Å². The highest BCUT2D eigenvalue weighted by Gasteiger charge is 2.50. The van der Waals surface area contributed by atoms with Crippen LogP contribution in [0.1, 0.15) is 47.5 Å². The molecule has 0 aliphatic heterocycles. The molecule has 3 atom stereocenters. The Morgan fingerprint density at radius 3 is 2.42 bits per heavy atom. The molecular weight excluding hydrogens is 236 g/mol. The summed E-state index contributed by atoms with van der Waals surface area (Å²) in [7, 11) is 4.29. The van der Waals surface area contributed by atoms with Crippen molar-refractivity contribution in [1.29, 1.82) is 0 Å². The Hall–Kier alpha value is -0.120. The molecule has 0 aromatic rings. The molecule has 3 nitrogen and oxygen atoms in total.